The summed E-state index contributed by atoms with van der Waals surface area (Å²) in [5.41, 5.74) is 6.00. The minimum atomic E-state index is -6.08. The summed E-state index contributed by atoms with van der Waals surface area (Å²) in [7, 11) is -17.7. The first-order chi connectivity index (χ1) is 14.7. The van der Waals surface area contributed by atoms with Crippen LogP contribution < -0.4 is 115 Å². The molecule has 0 bridgehead atoms. The topological polar surface area (TPSA) is 303 Å². The average Bonchev–Trinajstić information content (AvgIpc) is 3.18. The van der Waals surface area contributed by atoms with Crippen LogP contribution in [-0.4, -0.2) is 54.4 Å². The Balaban J connectivity index is 0.00000385. The number of phosphoric ester groups is 1. The van der Waals surface area contributed by atoms with E-state index in [0.717, 1.165) is 6.33 Å². The quantitative estimate of drug-likeness (QED) is 0.120. The zero-order valence-corrected chi connectivity index (χ0v) is 27.0. The molecule has 6 N–H and O–H groups in total. The summed E-state index contributed by atoms with van der Waals surface area (Å²) in [6.07, 6.45) is -3.30. The van der Waals surface area contributed by atoms with Crippen LogP contribution in [0.15, 0.2) is 12.7 Å². The molecule has 3 rings (SSSR count). The van der Waals surface area contributed by atoms with Crippen molar-refractivity contribution >= 4 is 40.4 Å². The molecule has 180 valence electrons. The fraction of sp³-hybridized carbons (Fsp3) is 0.500. The van der Waals surface area contributed by atoms with Gasteiger partial charge in [-0.25, -0.2) is 29.5 Å². The molecular weight excluding hydrogens is 574 g/mol. The third-order valence-electron chi connectivity index (χ3n) is 3.93. The molecule has 0 radical (unpaired) electrons. The molecule has 0 aliphatic carbocycles. The van der Waals surface area contributed by atoms with Crippen LogP contribution in [0.5, 0.6) is 0 Å². The number of aromatic nitrogens is 4. The van der Waals surface area contributed by atoms with Crippen LogP contribution in [0, 0.1) is 0 Å². The van der Waals surface area contributed by atoms with E-state index in [1.165, 1.54) is 10.9 Å². The maximum absolute atomic E-state index is 11.7. The molecule has 3 heterocycles. The van der Waals surface area contributed by atoms with Gasteiger partial charge in [0.2, 0.25) is 0 Å². The van der Waals surface area contributed by atoms with Gasteiger partial charge in [0.05, 0.1) is 12.9 Å². The molecule has 0 aromatic carbocycles. The first-order valence-electron chi connectivity index (χ1n) is 8.08. The molecular formula is C10H14N6Na3O13P3. The number of fused-ring (bicyclic) bond motifs is 1. The zero-order chi connectivity index (χ0) is 23.9. The number of imidazole rings is 1. The standard InChI is InChI=1S/C10H17N6O13P3.3Na/c11-8-5-9(14-2-13-8)16(3-15-5)10-6(17)7(27-12)4(26-10)1-25-31(21,22)29-32(23,24)28-30(18,19)20;;;/h2-4,6-7,10,17H,1,12H2,(H,21,22)(H,23,24)(H2,11,13,14)(H2,18,19,20);;;/q;3*+1/p-3/t4-,6-,7-,10-;;;/m1.../s1. The van der Waals surface area contributed by atoms with E-state index in [4.69, 9.17) is 21.3 Å². The van der Waals surface area contributed by atoms with E-state index >= 15 is 0 Å². The molecule has 19 nitrogen and oxygen atoms in total. The number of rotatable bonds is 9. The molecule has 25 heteroatoms. The Bertz CT molecular complexity index is 1140. The van der Waals surface area contributed by atoms with Gasteiger partial charge in [-0.3, -0.25) is 23.1 Å². The van der Waals surface area contributed by atoms with E-state index in [-0.39, 0.29) is 106 Å². The van der Waals surface area contributed by atoms with Crippen LogP contribution in [-0.2, 0) is 36.4 Å². The average molecular weight is 588 g/mol. The maximum atomic E-state index is 11.7. The fourth-order valence-electron chi connectivity index (χ4n) is 2.76. The van der Waals surface area contributed by atoms with Crippen LogP contribution in [0.3, 0.4) is 0 Å². The molecule has 1 aliphatic heterocycles. The van der Waals surface area contributed by atoms with Gasteiger partial charge >= 0.3 is 88.7 Å². The fourth-order valence-corrected chi connectivity index (χ4v) is 5.66. The Morgan fingerprint density at radius 2 is 1.71 bits per heavy atom. The van der Waals surface area contributed by atoms with E-state index in [9.17, 15) is 33.5 Å². The van der Waals surface area contributed by atoms with E-state index in [1.807, 2.05) is 0 Å². The van der Waals surface area contributed by atoms with Crippen molar-refractivity contribution < 1.29 is 150 Å². The number of anilines is 1. The predicted molar refractivity (Wildman–Crippen MR) is 91.9 cm³/mol. The maximum Gasteiger partial charge on any atom is 1.00 e. The molecule has 0 saturated carbocycles. The van der Waals surface area contributed by atoms with E-state index in [0.29, 0.717) is 0 Å². The van der Waals surface area contributed by atoms with Crippen molar-refractivity contribution in [1.82, 2.24) is 19.5 Å². The van der Waals surface area contributed by atoms with Gasteiger partial charge in [0, 0.05) is 0 Å². The molecule has 0 spiro atoms. The molecule has 1 fully saturated rings. The van der Waals surface area contributed by atoms with Gasteiger partial charge in [-0.2, -0.15) is 0 Å². The number of nitrogen functional groups attached to an aromatic ring is 1. The number of ether oxygens (including phenoxy) is 1. The van der Waals surface area contributed by atoms with Gasteiger partial charge in [-0.1, -0.05) is 0 Å². The Morgan fingerprint density at radius 3 is 2.29 bits per heavy atom. The predicted octanol–water partition coefficient (Wildman–Crippen LogP) is -12.6. The molecule has 1 aliphatic rings. The summed E-state index contributed by atoms with van der Waals surface area (Å²) in [5.74, 6) is 5.16. The molecule has 2 aromatic heterocycles. The van der Waals surface area contributed by atoms with Crippen molar-refractivity contribution in [3.63, 3.8) is 0 Å². The van der Waals surface area contributed by atoms with Gasteiger partial charge in [0.1, 0.15) is 30.2 Å². The van der Waals surface area contributed by atoms with Gasteiger partial charge < -0.3 is 39.7 Å². The summed E-state index contributed by atoms with van der Waals surface area (Å²) >= 11 is 0. The first-order valence-corrected chi connectivity index (χ1v) is 12.5. The van der Waals surface area contributed by atoms with Crippen molar-refractivity contribution in [1.29, 1.82) is 0 Å². The molecule has 3 unspecified atom stereocenters. The van der Waals surface area contributed by atoms with Crippen molar-refractivity contribution in [3.05, 3.63) is 12.7 Å². The monoisotopic (exact) mass is 588 g/mol. The molecule has 35 heavy (non-hydrogen) atoms. The Morgan fingerprint density at radius 1 is 1.09 bits per heavy atom. The van der Waals surface area contributed by atoms with Crippen LogP contribution in [0.25, 0.3) is 11.2 Å². The third-order valence-corrected chi connectivity index (χ3v) is 7.62. The van der Waals surface area contributed by atoms with Crippen molar-refractivity contribution in [2.24, 2.45) is 5.90 Å². The summed E-state index contributed by atoms with van der Waals surface area (Å²) in [6.45, 7) is -1.01. The number of aliphatic hydroxyl groups is 1. The summed E-state index contributed by atoms with van der Waals surface area (Å²) < 4.78 is 51.1. The minimum Gasteiger partial charge on any atom is -0.756 e. The number of nitrogens with zero attached hydrogens (tertiary/aromatic N) is 4. The number of aliphatic hydroxyl groups excluding tert-OH is 1. The Labute approximate surface area is 262 Å². The second-order valence-corrected chi connectivity index (χ2v) is 10.4. The van der Waals surface area contributed by atoms with Crippen LogP contribution in [0.4, 0.5) is 5.82 Å². The molecule has 1 saturated heterocycles. The smallest absolute Gasteiger partial charge is 0.756 e. The van der Waals surface area contributed by atoms with Crippen molar-refractivity contribution in [3.8, 4) is 0 Å². The van der Waals surface area contributed by atoms with E-state index in [2.05, 4.69) is 32.9 Å². The second-order valence-electron chi connectivity index (χ2n) is 6.06. The van der Waals surface area contributed by atoms with Crippen molar-refractivity contribution in [2.75, 3.05) is 12.3 Å². The van der Waals surface area contributed by atoms with Gasteiger partial charge in [-0.15, -0.1) is 0 Å². The number of hydrogen-bond acceptors (Lipinski definition) is 17. The van der Waals surface area contributed by atoms with E-state index in [1.54, 1.807) is 0 Å². The van der Waals surface area contributed by atoms with Gasteiger partial charge in [0.25, 0.3) is 23.5 Å². The second kappa shape index (κ2) is 14.3. The third kappa shape index (κ3) is 9.63. The van der Waals surface area contributed by atoms with Crippen LogP contribution in [0.2, 0.25) is 0 Å². The first kappa shape index (κ1) is 36.6. The number of phosphoric acid groups is 3. The largest absolute Gasteiger partial charge is 1.00 e. The SMILES string of the molecule is NO[C@H]1[C@@H](O)[C@H](n2cnc3c(N)ncnc32)O[C@@H]1COP(=O)([O-])OP(=O)([O-])OP(=O)([O-])O.[Na+].[Na+].[Na+]. The normalized spacial score (nSPS) is 26.9. The zero-order valence-electron chi connectivity index (χ0n) is 18.3. The Kier molecular flexibility index (Phi) is 14.9. The van der Waals surface area contributed by atoms with Crippen molar-refractivity contribution in [2.45, 2.75) is 24.5 Å². The Hall–Kier alpha value is 1.60. The van der Waals surface area contributed by atoms with Gasteiger partial charge in [-0.05, 0) is 0 Å². The van der Waals surface area contributed by atoms with Gasteiger partial charge in [0.15, 0.2) is 17.7 Å². The summed E-state index contributed by atoms with van der Waals surface area (Å²) in [5, 5.41) is 10.5. The molecule has 7 atom stereocenters. The minimum absolute atomic E-state index is 0. The van der Waals surface area contributed by atoms with Crippen LogP contribution in [0.1, 0.15) is 6.23 Å². The van der Waals surface area contributed by atoms with Crippen LogP contribution >= 0.6 is 23.5 Å². The van der Waals surface area contributed by atoms with E-state index < -0.39 is 54.6 Å². The number of nitrogens with two attached hydrogens (primary N) is 2. The summed E-state index contributed by atoms with van der Waals surface area (Å²) in [6, 6.07) is 0. The summed E-state index contributed by atoms with van der Waals surface area (Å²) in [4.78, 5) is 58.1. The molecule has 2 aromatic rings. The number of hydrogen-bond donors (Lipinski definition) is 4. The molecule has 0 amide bonds.